The molecule has 0 aliphatic carbocycles. The maximum Gasteiger partial charge on any atom is 0.348 e. The predicted octanol–water partition coefficient (Wildman–Crippen LogP) is 3.56. The first-order valence-electron chi connectivity index (χ1n) is 6.38. The molecule has 6 nitrogen and oxygen atoms in total. The molecule has 0 radical (unpaired) electrons. The Balaban J connectivity index is 1.78. The highest BCUT2D eigenvalue weighted by atomic mass is 32.1. The molecular weight excluding hydrogens is 304 g/mol. The van der Waals surface area contributed by atoms with Crippen molar-refractivity contribution in [3.8, 4) is 0 Å². The Kier molecular flexibility index (Phi) is 3.80. The summed E-state index contributed by atoms with van der Waals surface area (Å²) in [7, 11) is 0. The Labute approximate surface area is 129 Å². The highest BCUT2D eigenvalue weighted by Crippen LogP contribution is 2.29. The number of aromatic nitrogens is 1. The average Bonchev–Trinajstić information content (AvgIpc) is 2.96. The van der Waals surface area contributed by atoms with Crippen LogP contribution in [0.4, 0.5) is 5.69 Å². The van der Waals surface area contributed by atoms with Crippen molar-refractivity contribution in [3.63, 3.8) is 0 Å². The van der Waals surface area contributed by atoms with Crippen LogP contribution in [0.2, 0.25) is 0 Å². The van der Waals surface area contributed by atoms with Gasteiger partial charge in [-0.2, -0.15) is 0 Å². The number of carbonyl (C=O) groups is 1. The number of hydrogen-bond donors (Lipinski definition) is 0. The maximum atomic E-state index is 12.0. The van der Waals surface area contributed by atoms with Gasteiger partial charge >= 0.3 is 5.97 Å². The van der Waals surface area contributed by atoms with E-state index in [4.69, 9.17) is 4.74 Å². The molecule has 0 unspecified atom stereocenters. The van der Waals surface area contributed by atoms with Crippen LogP contribution in [0.15, 0.2) is 48.7 Å². The zero-order valence-electron chi connectivity index (χ0n) is 11.3. The number of fused-ring (bicyclic) bond motifs is 1. The molecule has 0 aliphatic heterocycles. The Morgan fingerprint density at radius 3 is 2.86 bits per heavy atom. The molecule has 0 atom stereocenters. The van der Waals surface area contributed by atoms with Crippen molar-refractivity contribution < 1.29 is 14.5 Å². The summed E-state index contributed by atoms with van der Waals surface area (Å²) >= 11 is 1.24. The average molecular weight is 314 g/mol. The van der Waals surface area contributed by atoms with Crippen molar-refractivity contribution in [2.45, 2.75) is 6.61 Å². The van der Waals surface area contributed by atoms with Crippen LogP contribution in [0.5, 0.6) is 0 Å². The smallest absolute Gasteiger partial charge is 0.348 e. The molecule has 7 heteroatoms. The molecule has 0 saturated heterocycles. The molecule has 22 heavy (non-hydrogen) atoms. The summed E-state index contributed by atoms with van der Waals surface area (Å²) < 4.78 is 6.00. The summed E-state index contributed by atoms with van der Waals surface area (Å²) in [5.41, 5.74) is 0.659. The Bertz CT molecular complexity index is 845. The van der Waals surface area contributed by atoms with Crippen molar-refractivity contribution in [2.75, 3.05) is 0 Å². The number of benzene rings is 1. The van der Waals surface area contributed by atoms with E-state index in [1.807, 2.05) is 6.07 Å². The van der Waals surface area contributed by atoms with E-state index >= 15 is 0 Å². The summed E-state index contributed by atoms with van der Waals surface area (Å²) in [4.78, 5) is 26.8. The number of ether oxygens (including phenoxy) is 1. The van der Waals surface area contributed by atoms with Crippen LogP contribution in [0.25, 0.3) is 10.1 Å². The lowest BCUT2D eigenvalue weighted by Gasteiger charge is -2.01. The van der Waals surface area contributed by atoms with Crippen LogP contribution in [-0.2, 0) is 11.3 Å². The molecule has 0 aliphatic rings. The third-order valence-electron chi connectivity index (χ3n) is 2.99. The molecule has 3 rings (SSSR count). The number of nitrogens with zero attached hydrogens (tertiary/aromatic N) is 2. The van der Waals surface area contributed by atoms with Crippen LogP contribution in [0.3, 0.4) is 0 Å². The number of rotatable bonds is 4. The van der Waals surface area contributed by atoms with Gasteiger partial charge in [-0.15, -0.1) is 11.3 Å². The standard InChI is InChI=1S/C15H10N2O4S/c18-15(21-9-11-3-1-2-6-16-11)14-8-10-7-12(17(19)20)4-5-13(10)22-14/h1-8H,9H2. The number of carbonyl (C=O) groups excluding carboxylic acids is 1. The lowest BCUT2D eigenvalue weighted by atomic mass is 10.2. The van der Waals surface area contributed by atoms with Gasteiger partial charge in [-0.1, -0.05) is 6.07 Å². The third-order valence-corrected chi connectivity index (χ3v) is 4.09. The van der Waals surface area contributed by atoms with Gasteiger partial charge in [0.1, 0.15) is 11.5 Å². The van der Waals surface area contributed by atoms with Gasteiger partial charge in [0, 0.05) is 28.4 Å². The van der Waals surface area contributed by atoms with Gasteiger partial charge in [-0.3, -0.25) is 15.1 Å². The number of hydrogen-bond acceptors (Lipinski definition) is 6. The fourth-order valence-corrected chi connectivity index (χ4v) is 2.88. The van der Waals surface area contributed by atoms with E-state index in [2.05, 4.69) is 4.98 Å². The van der Waals surface area contributed by atoms with E-state index in [9.17, 15) is 14.9 Å². The summed E-state index contributed by atoms with van der Waals surface area (Å²) in [5.74, 6) is -0.463. The zero-order chi connectivity index (χ0) is 15.5. The zero-order valence-corrected chi connectivity index (χ0v) is 12.1. The van der Waals surface area contributed by atoms with Crippen molar-refractivity contribution in [3.05, 3.63) is 69.3 Å². The molecule has 0 saturated carbocycles. The first-order chi connectivity index (χ1) is 10.6. The third kappa shape index (κ3) is 2.94. The number of pyridine rings is 1. The Morgan fingerprint density at radius 1 is 1.27 bits per heavy atom. The van der Waals surface area contributed by atoms with Gasteiger partial charge in [0.2, 0.25) is 0 Å². The Hall–Kier alpha value is -2.80. The van der Waals surface area contributed by atoms with Crippen molar-refractivity contribution in [1.82, 2.24) is 4.98 Å². The highest BCUT2D eigenvalue weighted by molar-refractivity contribution is 7.20. The molecule has 2 aromatic heterocycles. The van der Waals surface area contributed by atoms with Gasteiger partial charge in [-0.05, 0) is 24.3 Å². The van der Waals surface area contributed by atoms with Gasteiger partial charge in [0.25, 0.3) is 5.69 Å². The number of nitro groups is 1. The molecule has 110 valence electrons. The Morgan fingerprint density at radius 2 is 2.14 bits per heavy atom. The van der Waals surface area contributed by atoms with E-state index in [0.717, 1.165) is 4.70 Å². The van der Waals surface area contributed by atoms with Gasteiger partial charge in [0.15, 0.2) is 0 Å². The summed E-state index contributed by atoms with van der Waals surface area (Å²) in [6.45, 7) is 0.0913. The topological polar surface area (TPSA) is 82.3 Å². The minimum Gasteiger partial charge on any atom is -0.455 e. The minimum atomic E-state index is -0.463. The quantitative estimate of drug-likeness (QED) is 0.418. The van der Waals surface area contributed by atoms with Crippen molar-refractivity contribution in [1.29, 1.82) is 0 Å². The van der Waals surface area contributed by atoms with E-state index in [1.54, 1.807) is 30.5 Å². The molecule has 0 spiro atoms. The van der Waals surface area contributed by atoms with Crippen molar-refractivity contribution in [2.24, 2.45) is 0 Å². The van der Waals surface area contributed by atoms with Crippen LogP contribution in [0.1, 0.15) is 15.4 Å². The van der Waals surface area contributed by atoms with E-state index in [0.29, 0.717) is 16.0 Å². The van der Waals surface area contributed by atoms with Crippen LogP contribution in [0, 0.1) is 10.1 Å². The molecule has 0 N–H and O–H groups in total. The molecule has 1 aromatic carbocycles. The first-order valence-corrected chi connectivity index (χ1v) is 7.20. The predicted molar refractivity (Wildman–Crippen MR) is 81.8 cm³/mol. The fraction of sp³-hybridized carbons (Fsp3) is 0.0667. The second kappa shape index (κ2) is 5.90. The number of nitro benzene ring substituents is 1. The van der Waals surface area contributed by atoms with Crippen LogP contribution in [-0.4, -0.2) is 15.9 Å². The normalized spacial score (nSPS) is 10.5. The molecule has 0 bridgehead atoms. The molecular formula is C15H10N2O4S. The van der Waals surface area contributed by atoms with Gasteiger partial charge in [0.05, 0.1) is 10.6 Å². The van der Waals surface area contributed by atoms with E-state index in [-0.39, 0.29) is 12.3 Å². The maximum absolute atomic E-state index is 12.0. The second-order valence-electron chi connectivity index (χ2n) is 4.49. The fourth-order valence-electron chi connectivity index (χ4n) is 1.94. The largest absolute Gasteiger partial charge is 0.455 e. The minimum absolute atomic E-state index is 0.00120. The highest BCUT2D eigenvalue weighted by Gasteiger charge is 2.14. The number of esters is 1. The lowest BCUT2D eigenvalue weighted by molar-refractivity contribution is -0.384. The lowest BCUT2D eigenvalue weighted by Crippen LogP contribution is -2.03. The van der Waals surface area contributed by atoms with Crippen molar-refractivity contribution >= 4 is 33.1 Å². The number of thiophene rings is 1. The van der Waals surface area contributed by atoms with E-state index < -0.39 is 10.9 Å². The molecule has 2 heterocycles. The monoisotopic (exact) mass is 314 g/mol. The summed E-state index contributed by atoms with van der Waals surface area (Å²) in [6, 6.07) is 11.5. The SMILES string of the molecule is O=C(OCc1ccccn1)c1cc2cc([N+](=O)[O-])ccc2s1. The van der Waals surface area contributed by atoms with Crippen LogP contribution < -0.4 is 0 Å². The first kappa shape index (κ1) is 14.2. The summed E-state index contributed by atoms with van der Waals surface area (Å²) in [5, 5.41) is 11.4. The van der Waals surface area contributed by atoms with Gasteiger partial charge < -0.3 is 4.74 Å². The van der Waals surface area contributed by atoms with Crippen LogP contribution >= 0.6 is 11.3 Å². The molecule has 3 aromatic rings. The number of non-ortho nitro benzene ring substituents is 1. The van der Waals surface area contributed by atoms with E-state index in [1.165, 1.54) is 23.5 Å². The molecule has 0 amide bonds. The van der Waals surface area contributed by atoms with Gasteiger partial charge in [-0.25, -0.2) is 4.79 Å². The summed E-state index contributed by atoms with van der Waals surface area (Å²) in [6.07, 6.45) is 1.63. The molecule has 0 fully saturated rings. The second-order valence-corrected chi connectivity index (χ2v) is 5.57.